The van der Waals surface area contributed by atoms with Crippen LogP contribution < -0.4 is 4.90 Å². The summed E-state index contributed by atoms with van der Waals surface area (Å²) >= 11 is 0. The molecule has 0 aliphatic carbocycles. The second kappa shape index (κ2) is 7.49. The van der Waals surface area contributed by atoms with Crippen LogP contribution in [0.25, 0.3) is 0 Å². The number of anilines is 1. The second-order valence-corrected chi connectivity index (χ2v) is 6.40. The number of hydrogen-bond acceptors (Lipinski definition) is 3. The van der Waals surface area contributed by atoms with Crippen molar-refractivity contribution in [3.05, 3.63) is 65.7 Å². The minimum atomic E-state index is -0.733. The summed E-state index contributed by atoms with van der Waals surface area (Å²) in [6.07, 6.45) is 0.556. The molecule has 0 saturated carbocycles. The maximum atomic E-state index is 11.8. The lowest BCUT2D eigenvalue weighted by Crippen LogP contribution is -2.53. The predicted octanol–water partition coefficient (Wildman–Crippen LogP) is 2.81. The Labute approximate surface area is 143 Å². The fourth-order valence-corrected chi connectivity index (χ4v) is 3.25. The van der Waals surface area contributed by atoms with Crippen LogP contribution in [0.1, 0.15) is 11.1 Å². The van der Waals surface area contributed by atoms with E-state index in [0.29, 0.717) is 6.42 Å². The second-order valence-electron chi connectivity index (χ2n) is 6.40. The maximum Gasteiger partial charge on any atom is 0.321 e. The molecule has 1 atom stereocenters. The predicted molar refractivity (Wildman–Crippen MR) is 96.5 cm³/mol. The van der Waals surface area contributed by atoms with Gasteiger partial charge in [-0.15, -0.1) is 0 Å². The topological polar surface area (TPSA) is 43.8 Å². The minimum absolute atomic E-state index is 0.453. The highest BCUT2D eigenvalue weighted by Crippen LogP contribution is 2.18. The Morgan fingerprint density at radius 2 is 1.62 bits per heavy atom. The van der Waals surface area contributed by atoms with Gasteiger partial charge in [0.05, 0.1) is 0 Å². The molecule has 0 amide bonds. The average molecular weight is 324 g/mol. The van der Waals surface area contributed by atoms with Crippen LogP contribution in [0.5, 0.6) is 0 Å². The first-order valence-corrected chi connectivity index (χ1v) is 8.46. The van der Waals surface area contributed by atoms with E-state index in [1.54, 1.807) is 0 Å². The lowest BCUT2D eigenvalue weighted by molar-refractivity contribution is -0.143. The molecule has 2 aromatic rings. The van der Waals surface area contributed by atoms with E-state index in [2.05, 4.69) is 21.9 Å². The number of para-hydroxylation sites is 1. The first-order valence-electron chi connectivity index (χ1n) is 8.46. The zero-order chi connectivity index (χ0) is 16.9. The fourth-order valence-electron chi connectivity index (χ4n) is 3.25. The van der Waals surface area contributed by atoms with Crippen LogP contribution in [0.2, 0.25) is 0 Å². The zero-order valence-corrected chi connectivity index (χ0v) is 14.1. The number of nitrogens with zero attached hydrogens (tertiary/aromatic N) is 2. The lowest BCUT2D eigenvalue weighted by Gasteiger charge is -2.38. The van der Waals surface area contributed by atoms with E-state index in [1.165, 1.54) is 11.3 Å². The Balaban J connectivity index is 1.63. The van der Waals surface area contributed by atoms with Gasteiger partial charge in [-0.25, -0.2) is 0 Å². The SMILES string of the molecule is Cc1ccc(CC(C(=O)O)N2CCN(c3ccccc3)CC2)cc1. The Kier molecular flexibility index (Phi) is 5.16. The summed E-state index contributed by atoms with van der Waals surface area (Å²) in [5.41, 5.74) is 3.49. The summed E-state index contributed by atoms with van der Waals surface area (Å²) < 4.78 is 0. The van der Waals surface area contributed by atoms with Gasteiger partial charge < -0.3 is 10.0 Å². The molecule has 4 heteroatoms. The van der Waals surface area contributed by atoms with Crippen LogP contribution in [-0.2, 0) is 11.2 Å². The smallest absolute Gasteiger partial charge is 0.321 e. The standard InChI is InChI=1S/C20H24N2O2/c1-16-7-9-17(10-8-16)15-19(20(23)24)22-13-11-21(12-14-22)18-5-3-2-4-6-18/h2-10,19H,11-15H2,1H3,(H,23,24). The van der Waals surface area contributed by atoms with E-state index in [-0.39, 0.29) is 0 Å². The monoisotopic (exact) mass is 324 g/mol. The van der Waals surface area contributed by atoms with E-state index in [0.717, 1.165) is 31.7 Å². The Bertz CT molecular complexity index is 662. The fraction of sp³-hybridized carbons (Fsp3) is 0.350. The minimum Gasteiger partial charge on any atom is -0.480 e. The molecule has 1 fully saturated rings. The molecule has 0 bridgehead atoms. The van der Waals surface area contributed by atoms with Gasteiger partial charge in [-0.2, -0.15) is 0 Å². The van der Waals surface area contributed by atoms with Crippen LogP contribution in [0.3, 0.4) is 0 Å². The van der Waals surface area contributed by atoms with Crippen molar-refractivity contribution in [1.29, 1.82) is 0 Å². The molecule has 0 aromatic heterocycles. The van der Waals surface area contributed by atoms with Gasteiger partial charge in [0.1, 0.15) is 6.04 Å². The molecule has 1 heterocycles. The van der Waals surface area contributed by atoms with E-state index < -0.39 is 12.0 Å². The number of piperazine rings is 1. The van der Waals surface area contributed by atoms with Gasteiger partial charge in [0.15, 0.2) is 0 Å². The van der Waals surface area contributed by atoms with Crippen molar-refractivity contribution in [2.45, 2.75) is 19.4 Å². The Morgan fingerprint density at radius 1 is 1.00 bits per heavy atom. The van der Waals surface area contributed by atoms with Crippen LogP contribution in [0, 0.1) is 6.92 Å². The number of aliphatic carboxylic acids is 1. The number of rotatable bonds is 5. The first kappa shape index (κ1) is 16.5. The summed E-state index contributed by atoms with van der Waals surface area (Å²) in [4.78, 5) is 16.2. The molecule has 0 radical (unpaired) electrons. The third kappa shape index (κ3) is 3.95. The molecule has 1 N–H and O–H groups in total. The molecule has 0 spiro atoms. The van der Waals surface area contributed by atoms with Gasteiger partial charge in [-0.05, 0) is 31.0 Å². The molecule has 1 aliphatic heterocycles. The highest BCUT2D eigenvalue weighted by atomic mass is 16.4. The molecule has 1 saturated heterocycles. The van der Waals surface area contributed by atoms with Gasteiger partial charge >= 0.3 is 5.97 Å². The van der Waals surface area contributed by atoms with Gasteiger partial charge in [-0.3, -0.25) is 9.69 Å². The largest absolute Gasteiger partial charge is 0.480 e. The molecule has 126 valence electrons. The van der Waals surface area contributed by atoms with Gasteiger partial charge in [0.2, 0.25) is 0 Å². The highest BCUT2D eigenvalue weighted by molar-refractivity contribution is 5.74. The highest BCUT2D eigenvalue weighted by Gasteiger charge is 2.29. The van der Waals surface area contributed by atoms with Gasteiger partial charge in [-0.1, -0.05) is 48.0 Å². The van der Waals surface area contributed by atoms with Gasteiger partial charge in [0, 0.05) is 31.9 Å². The van der Waals surface area contributed by atoms with E-state index in [4.69, 9.17) is 0 Å². The summed E-state index contributed by atoms with van der Waals surface area (Å²) in [7, 11) is 0. The van der Waals surface area contributed by atoms with Crippen LogP contribution >= 0.6 is 0 Å². The normalized spacial score (nSPS) is 16.8. The molecule has 2 aromatic carbocycles. The van der Waals surface area contributed by atoms with Crippen LogP contribution in [-0.4, -0.2) is 48.2 Å². The van der Waals surface area contributed by atoms with Crippen LogP contribution in [0.15, 0.2) is 54.6 Å². The van der Waals surface area contributed by atoms with Gasteiger partial charge in [0.25, 0.3) is 0 Å². The molecule has 1 aliphatic rings. The van der Waals surface area contributed by atoms with Crippen molar-refractivity contribution >= 4 is 11.7 Å². The van der Waals surface area contributed by atoms with Crippen molar-refractivity contribution in [3.8, 4) is 0 Å². The summed E-state index contributed by atoms with van der Waals surface area (Å²) in [6, 6.07) is 18.0. The number of aryl methyl sites for hydroxylation is 1. The summed E-state index contributed by atoms with van der Waals surface area (Å²) in [5, 5.41) is 9.67. The first-order chi connectivity index (χ1) is 11.6. The maximum absolute atomic E-state index is 11.8. The number of carbonyl (C=O) groups is 1. The van der Waals surface area contributed by atoms with Crippen molar-refractivity contribution in [2.75, 3.05) is 31.1 Å². The Morgan fingerprint density at radius 3 is 2.21 bits per heavy atom. The summed E-state index contributed by atoms with van der Waals surface area (Å²) in [6.45, 7) is 5.32. The van der Waals surface area contributed by atoms with Crippen molar-refractivity contribution in [2.24, 2.45) is 0 Å². The van der Waals surface area contributed by atoms with Crippen molar-refractivity contribution < 1.29 is 9.90 Å². The Hall–Kier alpha value is -2.33. The molecular weight excluding hydrogens is 300 g/mol. The van der Waals surface area contributed by atoms with E-state index >= 15 is 0 Å². The molecule has 1 unspecified atom stereocenters. The molecule has 24 heavy (non-hydrogen) atoms. The third-order valence-electron chi connectivity index (χ3n) is 4.71. The van der Waals surface area contributed by atoms with E-state index in [9.17, 15) is 9.90 Å². The molecule has 4 nitrogen and oxygen atoms in total. The number of carboxylic acid groups (broad SMARTS) is 1. The quantitative estimate of drug-likeness (QED) is 0.918. The van der Waals surface area contributed by atoms with Crippen molar-refractivity contribution in [3.63, 3.8) is 0 Å². The lowest BCUT2D eigenvalue weighted by atomic mass is 10.0. The van der Waals surface area contributed by atoms with Crippen molar-refractivity contribution in [1.82, 2.24) is 4.90 Å². The number of hydrogen-bond donors (Lipinski definition) is 1. The number of carboxylic acids is 1. The summed E-state index contributed by atoms with van der Waals surface area (Å²) in [5.74, 6) is -0.733. The average Bonchev–Trinajstić information content (AvgIpc) is 2.62. The van der Waals surface area contributed by atoms with Crippen LogP contribution in [0.4, 0.5) is 5.69 Å². The number of benzene rings is 2. The molecule has 3 rings (SSSR count). The van der Waals surface area contributed by atoms with E-state index in [1.807, 2.05) is 49.4 Å². The molecular formula is C20H24N2O2. The third-order valence-corrected chi connectivity index (χ3v) is 4.71. The zero-order valence-electron chi connectivity index (χ0n) is 14.1.